The van der Waals surface area contributed by atoms with Crippen LogP contribution in [0.2, 0.25) is 0 Å². The van der Waals surface area contributed by atoms with Gasteiger partial charge in [0, 0.05) is 6.42 Å². The fourth-order valence-corrected chi connectivity index (χ4v) is 7.49. The number of allylic oxidation sites excluding steroid dienone is 1. The molecule has 0 aromatic heterocycles. The normalized spacial score (nSPS) is 50.5. The highest BCUT2D eigenvalue weighted by Crippen LogP contribution is 2.66. The Kier molecular flexibility index (Phi) is 4.17. The molecule has 0 amide bonds. The second-order valence-electron chi connectivity index (χ2n) is 9.60. The van der Waals surface area contributed by atoms with Crippen molar-refractivity contribution in [3.63, 3.8) is 0 Å². The van der Waals surface area contributed by atoms with E-state index in [0.717, 1.165) is 32.1 Å². The zero-order valence-electron chi connectivity index (χ0n) is 15.4. The number of hydrogen-bond donors (Lipinski definition) is 3. The van der Waals surface area contributed by atoms with Crippen LogP contribution in [0.5, 0.6) is 0 Å². The van der Waals surface area contributed by atoms with Gasteiger partial charge in [-0.3, -0.25) is 4.79 Å². The van der Waals surface area contributed by atoms with Crippen LogP contribution in [-0.4, -0.2) is 39.9 Å². The number of aliphatic hydroxyl groups excluding tert-OH is 3. The Bertz CT molecular complexity index is 599. The molecule has 4 aliphatic rings. The highest BCUT2D eigenvalue weighted by atomic mass is 16.3. The quantitative estimate of drug-likeness (QED) is 0.716. The van der Waals surface area contributed by atoms with E-state index in [-0.39, 0.29) is 41.2 Å². The van der Waals surface area contributed by atoms with E-state index in [0.29, 0.717) is 24.7 Å². The molecule has 25 heavy (non-hydrogen) atoms. The minimum atomic E-state index is -0.680. The minimum Gasteiger partial charge on any atom is -0.394 e. The molecule has 0 saturated heterocycles. The van der Waals surface area contributed by atoms with Crippen molar-refractivity contribution in [2.24, 2.45) is 34.5 Å². The van der Waals surface area contributed by atoms with Crippen LogP contribution in [0.15, 0.2) is 11.6 Å². The first kappa shape index (κ1) is 17.7. The number of hydrogen-bond acceptors (Lipinski definition) is 4. The molecular formula is C21H32O4. The molecule has 4 aliphatic carbocycles. The maximum atomic E-state index is 11.9. The predicted octanol–water partition coefficient (Wildman–Crippen LogP) is 2.46. The molecule has 0 aromatic carbocycles. The Balaban J connectivity index is 1.69. The van der Waals surface area contributed by atoms with Gasteiger partial charge in [-0.25, -0.2) is 0 Å². The van der Waals surface area contributed by atoms with Crippen molar-refractivity contribution in [2.75, 3.05) is 6.61 Å². The third kappa shape index (κ3) is 2.40. The van der Waals surface area contributed by atoms with Crippen LogP contribution in [0.25, 0.3) is 0 Å². The smallest absolute Gasteiger partial charge is 0.155 e. The van der Waals surface area contributed by atoms with E-state index in [1.54, 1.807) is 0 Å². The monoisotopic (exact) mass is 348 g/mol. The average molecular weight is 348 g/mol. The van der Waals surface area contributed by atoms with Crippen molar-refractivity contribution >= 4 is 5.78 Å². The molecule has 3 saturated carbocycles. The summed E-state index contributed by atoms with van der Waals surface area (Å²) in [6, 6.07) is 0. The van der Waals surface area contributed by atoms with Gasteiger partial charge in [0.15, 0.2) is 5.78 Å². The molecule has 0 bridgehead atoms. The summed E-state index contributed by atoms with van der Waals surface area (Å²) in [5, 5.41) is 31.0. The molecular weight excluding hydrogens is 316 g/mol. The highest BCUT2D eigenvalue weighted by Gasteiger charge is 2.62. The lowest BCUT2D eigenvalue weighted by atomic mass is 9.46. The van der Waals surface area contributed by atoms with Gasteiger partial charge in [-0.05, 0) is 79.1 Å². The lowest BCUT2D eigenvalue weighted by Gasteiger charge is -2.60. The molecule has 0 aliphatic heterocycles. The lowest BCUT2D eigenvalue weighted by Crippen LogP contribution is -2.57. The van der Waals surface area contributed by atoms with E-state index in [1.807, 2.05) is 6.08 Å². The van der Waals surface area contributed by atoms with Gasteiger partial charge in [-0.2, -0.15) is 0 Å². The zero-order chi connectivity index (χ0) is 18.0. The van der Waals surface area contributed by atoms with E-state index >= 15 is 0 Å². The largest absolute Gasteiger partial charge is 0.394 e. The van der Waals surface area contributed by atoms with Gasteiger partial charge in [0.2, 0.25) is 0 Å². The van der Waals surface area contributed by atoms with Crippen LogP contribution in [0.4, 0.5) is 0 Å². The van der Waals surface area contributed by atoms with Gasteiger partial charge >= 0.3 is 0 Å². The van der Waals surface area contributed by atoms with Crippen molar-refractivity contribution in [1.82, 2.24) is 0 Å². The van der Waals surface area contributed by atoms with E-state index in [9.17, 15) is 20.1 Å². The summed E-state index contributed by atoms with van der Waals surface area (Å²) in [4.78, 5) is 11.9. The molecule has 8 atom stereocenters. The molecule has 4 nitrogen and oxygen atoms in total. The lowest BCUT2D eigenvalue weighted by molar-refractivity contribution is -0.143. The van der Waals surface area contributed by atoms with Gasteiger partial charge < -0.3 is 15.3 Å². The topological polar surface area (TPSA) is 77.8 Å². The average Bonchev–Trinajstić information content (AvgIpc) is 2.91. The van der Waals surface area contributed by atoms with Crippen LogP contribution in [-0.2, 0) is 4.79 Å². The summed E-state index contributed by atoms with van der Waals surface area (Å²) < 4.78 is 0. The first-order valence-electron chi connectivity index (χ1n) is 10.0. The minimum absolute atomic E-state index is 0.0503. The van der Waals surface area contributed by atoms with Crippen molar-refractivity contribution in [3.05, 3.63) is 11.6 Å². The van der Waals surface area contributed by atoms with Crippen molar-refractivity contribution in [2.45, 2.75) is 71.0 Å². The van der Waals surface area contributed by atoms with Crippen LogP contribution in [0, 0.1) is 34.5 Å². The molecule has 0 spiro atoms. The summed E-state index contributed by atoms with van der Waals surface area (Å²) >= 11 is 0. The Hall–Kier alpha value is -0.710. The van der Waals surface area contributed by atoms with Crippen LogP contribution in [0.1, 0.15) is 58.8 Å². The fourth-order valence-electron chi connectivity index (χ4n) is 7.49. The zero-order valence-corrected chi connectivity index (χ0v) is 15.4. The molecule has 0 radical (unpaired) electrons. The van der Waals surface area contributed by atoms with Crippen LogP contribution >= 0.6 is 0 Å². The van der Waals surface area contributed by atoms with Gasteiger partial charge in [-0.15, -0.1) is 0 Å². The summed E-state index contributed by atoms with van der Waals surface area (Å²) in [6.07, 6.45) is 7.00. The number of aliphatic hydroxyl groups is 3. The Morgan fingerprint density at radius 1 is 1.24 bits per heavy atom. The van der Waals surface area contributed by atoms with Gasteiger partial charge in [0.25, 0.3) is 0 Å². The molecule has 140 valence electrons. The number of rotatable bonds is 2. The Morgan fingerprint density at radius 2 is 2.00 bits per heavy atom. The molecule has 3 N–H and O–H groups in total. The number of fused-ring (bicyclic) bond motifs is 5. The summed E-state index contributed by atoms with van der Waals surface area (Å²) in [7, 11) is 0. The van der Waals surface area contributed by atoms with Gasteiger partial charge in [-0.1, -0.05) is 19.4 Å². The maximum Gasteiger partial charge on any atom is 0.155 e. The standard InChI is InChI=1S/C21H32O4/c1-20-8-7-13(23)9-12(20)3-4-14-15-5-6-16(18(25)11-22)21(15,2)10-17(24)19(14)20/h9,14-19,22,24-25H,3-8,10-11H2,1-2H3/t14-,15-,16+,17-,18+,19+,20-,21-/m0/s1. The highest BCUT2D eigenvalue weighted by molar-refractivity contribution is 5.91. The fraction of sp³-hybridized carbons (Fsp3) is 0.857. The molecule has 0 heterocycles. The van der Waals surface area contributed by atoms with E-state index in [2.05, 4.69) is 13.8 Å². The van der Waals surface area contributed by atoms with Crippen molar-refractivity contribution < 1.29 is 20.1 Å². The third-order valence-electron chi connectivity index (χ3n) is 8.62. The summed E-state index contributed by atoms with van der Waals surface area (Å²) in [6.45, 7) is 4.30. The molecule has 3 fully saturated rings. The summed E-state index contributed by atoms with van der Waals surface area (Å²) in [5.41, 5.74) is 1.12. The molecule has 0 aromatic rings. The van der Waals surface area contributed by atoms with Crippen LogP contribution in [0.3, 0.4) is 0 Å². The second kappa shape index (κ2) is 5.90. The number of carbonyl (C=O) groups is 1. The van der Waals surface area contributed by atoms with E-state index in [1.165, 1.54) is 5.57 Å². The SMILES string of the molecule is C[C@]12C[C@H](O)[C@H]3[C@@H](CCC4=CC(=O)CC[C@@]43C)[C@@H]1CC[C@@H]2[C@H](O)CO. The van der Waals surface area contributed by atoms with Gasteiger partial charge in [0.05, 0.1) is 18.8 Å². The third-order valence-corrected chi connectivity index (χ3v) is 8.62. The maximum absolute atomic E-state index is 11.9. The molecule has 4 rings (SSSR count). The Labute approximate surface area is 150 Å². The van der Waals surface area contributed by atoms with Crippen molar-refractivity contribution in [3.8, 4) is 0 Å². The first-order valence-corrected chi connectivity index (χ1v) is 10.0. The summed E-state index contributed by atoms with van der Waals surface area (Å²) in [5.74, 6) is 1.51. The number of carbonyl (C=O) groups excluding carboxylic acids is 1. The number of ketones is 1. The first-order chi connectivity index (χ1) is 11.8. The second-order valence-corrected chi connectivity index (χ2v) is 9.60. The van der Waals surface area contributed by atoms with Gasteiger partial charge in [0.1, 0.15) is 0 Å². The van der Waals surface area contributed by atoms with Crippen LogP contribution < -0.4 is 0 Å². The van der Waals surface area contributed by atoms with Crippen molar-refractivity contribution in [1.29, 1.82) is 0 Å². The van der Waals surface area contributed by atoms with E-state index in [4.69, 9.17) is 0 Å². The molecule has 4 heteroatoms. The predicted molar refractivity (Wildman–Crippen MR) is 94.7 cm³/mol. The van der Waals surface area contributed by atoms with E-state index < -0.39 is 6.10 Å². The molecule has 0 unspecified atom stereocenters. The Morgan fingerprint density at radius 3 is 2.72 bits per heavy atom.